The first-order valence-electron chi connectivity index (χ1n) is 7.38. The van der Waals surface area contributed by atoms with Crippen LogP contribution in [-0.4, -0.2) is 5.97 Å². The lowest BCUT2D eigenvalue weighted by Crippen LogP contribution is -2.05. The molecule has 3 rings (SSSR count). The Labute approximate surface area is 157 Å². The first-order chi connectivity index (χ1) is 11.5. The second kappa shape index (κ2) is 7.32. The van der Waals surface area contributed by atoms with E-state index in [9.17, 15) is 4.79 Å². The highest BCUT2D eigenvalue weighted by atomic mass is 79.9. The molecule has 24 heavy (non-hydrogen) atoms. The minimum atomic E-state index is -0.408. The van der Waals surface area contributed by atoms with Crippen LogP contribution in [0.3, 0.4) is 0 Å². The fourth-order valence-corrected chi connectivity index (χ4v) is 4.03. The molecule has 3 aromatic rings. The first-order valence-corrected chi connectivity index (χ1v) is 8.96. The Morgan fingerprint density at radius 3 is 2.58 bits per heavy atom. The molecule has 0 saturated carbocycles. The third-order valence-electron chi connectivity index (χ3n) is 3.62. The predicted octanol–water partition coefficient (Wildman–Crippen LogP) is 6.29. The lowest BCUT2D eigenvalue weighted by atomic mass is 10.0. The zero-order valence-corrected chi connectivity index (χ0v) is 16.1. The van der Waals surface area contributed by atoms with E-state index in [1.807, 2.05) is 61.5 Å². The zero-order chi connectivity index (χ0) is 17.1. The maximum atomic E-state index is 12.2. The number of ether oxygens (including phenoxy) is 1. The number of fused-ring (bicyclic) bond motifs is 1. The number of carbonyl (C=O) groups excluding carboxylic acids is 1. The Balaban J connectivity index is 1.83. The Kier molecular flexibility index (Phi) is 5.17. The van der Waals surface area contributed by atoms with Crippen LogP contribution in [0.15, 0.2) is 69.6 Å². The lowest BCUT2D eigenvalue weighted by molar-refractivity contribution is -0.129. The van der Waals surface area contributed by atoms with Gasteiger partial charge in [0, 0.05) is 10.5 Å². The number of halogens is 2. The monoisotopic (exact) mass is 444 g/mol. The van der Waals surface area contributed by atoms with Gasteiger partial charge in [0.15, 0.2) is 0 Å². The topological polar surface area (TPSA) is 26.3 Å². The number of hydrogen-bond acceptors (Lipinski definition) is 2. The van der Waals surface area contributed by atoms with Crippen molar-refractivity contribution in [3.63, 3.8) is 0 Å². The van der Waals surface area contributed by atoms with Crippen LogP contribution in [0, 0.1) is 6.92 Å². The molecular weight excluding hydrogens is 432 g/mol. The van der Waals surface area contributed by atoms with Crippen LogP contribution in [-0.2, 0) is 4.79 Å². The molecule has 3 aromatic carbocycles. The summed E-state index contributed by atoms with van der Waals surface area (Å²) in [6, 6.07) is 17.8. The number of esters is 1. The molecule has 0 N–H and O–H groups in total. The van der Waals surface area contributed by atoms with Gasteiger partial charge >= 0.3 is 5.97 Å². The summed E-state index contributed by atoms with van der Waals surface area (Å²) in [5, 5.41) is 2.24. The molecule has 0 bridgehead atoms. The van der Waals surface area contributed by atoms with E-state index in [0.717, 1.165) is 30.8 Å². The van der Waals surface area contributed by atoms with Crippen molar-refractivity contribution in [1.29, 1.82) is 0 Å². The molecule has 0 heterocycles. The summed E-state index contributed by atoms with van der Waals surface area (Å²) in [6.45, 7) is 1.90. The van der Waals surface area contributed by atoms with E-state index < -0.39 is 5.97 Å². The summed E-state index contributed by atoms with van der Waals surface area (Å²) >= 11 is 6.84. The van der Waals surface area contributed by atoms with Crippen molar-refractivity contribution in [1.82, 2.24) is 0 Å². The van der Waals surface area contributed by atoms with Crippen molar-refractivity contribution >= 4 is 54.7 Å². The summed E-state index contributed by atoms with van der Waals surface area (Å²) in [7, 11) is 0. The van der Waals surface area contributed by atoms with Gasteiger partial charge in [0.05, 0.1) is 4.47 Å². The second-order valence-corrected chi connectivity index (χ2v) is 7.13. The number of rotatable bonds is 3. The standard InChI is InChI=1S/C20H14Br2O2/c1-13-11-16(21)12-18(22)20(13)24-19(23)10-9-15-7-4-6-14-5-2-3-8-17(14)15/h2-12H,1H3/b10-9+. The first kappa shape index (κ1) is 16.9. The molecular formula is C20H14Br2O2. The van der Waals surface area contributed by atoms with Crippen LogP contribution in [0.5, 0.6) is 5.75 Å². The van der Waals surface area contributed by atoms with Crippen LogP contribution in [0.1, 0.15) is 11.1 Å². The van der Waals surface area contributed by atoms with E-state index in [1.165, 1.54) is 6.08 Å². The van der Waals surface area contributed by atoms with Crippen molar-refractivity contribution in [3.8, 4) is 5.75 Å². The SMILES string of the molecule is Cc1cc(Br)cc(Br)c1OC(=O)/C=C/c1cccc2ccccc12. The third-order valence-corrected chi connectivity index (χ3v) is 4.67. The van der Waals surface area contributed by atoms with Gasteiger partial charge < -0.3 is 4.74 Å². The van der Waals surface area contributed by atoms with Crippen molar-refractivity contribution in [2.45, 2.75) is 6.92 Å². The molecule has 0 spiro atoms. The Morgan fingerprint density at radius 2 is 1.79 bits per heavy atom. The molecule has 0 unspecified atom stereocenters. The molecule has 4 heteroatoms. The molecule has 2 nitrogen and oxygen atoms in total. The van der Waals surface area contributed by atoms with Crippen molar-refractivity contribution < 1.29 is 9.53 Å². The van der Waals surface area contributed by atoms with Gasteiger partial charge in [0.25, 0.3) is 0 Å². The van der Waals surface area contributed by atoms with Gasteiger partial charge in [-0.3, -0.25) is 0 Å². The number of hydrogen-bond donors (Lipinski definition) is 0. The van der Waals surface area contributed by atoms with Crippen molar-refractivity contribution in [2.24, 2.45) is 0 Å². The molecule has 0 amide bonds. The number of aryl methyl sites for hydroxylation is 1. The van der Waals surface area contributed by atoms with Crippen molar-refractivity contribution in [3.05, 3.63) is 80.7 Å². The maximum absolute atomic E-state index is 12.2. The zero-order valence-electron chi connectivity index (χ0n) is 12.9. The predicted molar refractivity (Wildman–Crippen MR) is 105 cm³/mol. The normalized spacial score (nSPS) is 11.1. The van der Waals surface area contributed by atoms with E-state index in [4.69, 9.17) is 4.74 Å². The summed E-state index contributed by atoms with van der Waals surface area (Å²) < 4.78 is 7.14. The van der Waals surface area contributed by atoms with Gasteiger partial charge in [0.1, 0.15) is 5.75 Å². The van der Waals surface area contributed by atoms with Gasteiger partial charge in [-0.15, -0.1) is 0 Å². The Hall–Kier alpha value is -1.91. The molecule has 0 aliphatic carbocycles. The van der Waals surface area contributed by atoms with E-state index in [-0.39, 0.29) is 0 Å². The lowest BCUT2D eigenvalue weighted by Gasteiger charge is -2.08. The van der Waals surface area contributed by atoms with Crippen LogP contribution < -0.4 is 4.74 Å². The smallest absolute Gasteiger partial charge is 0.336 e. The number of carbonyl (C=O) groups is 1. The quantitative estimate of drug-likeness (QED) is 0.269. The molecule has 0 atom stereocenters. The molecule has 0 fully saturated rings. The molecule has 0 saturated heterocycles. The van der Waals surface area contributed by atoms with Gasteiger partial charge in [-0.1, -0.05) is 58.4 Å². The summed E-state index contributed by atoms with van der Waals surface area (Å²) in [5.41, 5.74) is 1.86. The van der Waals surface area contributed by atoms with Crippen molar-refractivity contribution in [2.75, 3.05) is 0 Å². The van der Waals surface area contributed by atoms with Crippen LogP contribution >= 0.6 is 31.9 Å². The third kappa shape index (κ3) is 3.77. The average Bonchev–Trinajstić information content (AvgIpc) is 2.56. The fraction of sp³-hybridized carbons (Fsp3) is 0.0500. The molecule has 0 radical (unpaired) electrons. The second-order valence-electron chi connectivity index (χ2n) is 5.36. The minimum Gasteiger partial charge on any atom is -0.422 e. The molecule has 120 valence electrons. The van der Waals surface area contributed by atoms with Gasteiger partial charge in [-0.2, -0.15) is 0 Å². The highest BCUT2D eigenvalue weighted by Crippen LogP contribution is 2.32. The Morgan fingerprint density at radius 1 is 1.04 bits per heavy atom. The average molecular weight is 446 g/mol. The van der Waals surface area contributed by atoms with Crippen LogP contribution in [0.2, 0.25) is 0 Å². The van der Waals surface area contributed by atoms with Crippen LogP contribution in [0.25, 0.3) is 16.8 Å². The van der Waals surface area contributed by atoms with Gasteiger partial charge in [-0.25, -0.2) is 4.79 Å². The maximum Gasteiger partial charge on any atom is 0.336 e. The fourth-order valence-electron chi connectivity index (χ4n) is 2.51. The highest BCUT2D eigenvalue weighted by molar-refractivity contribution is 9.11. The van der Waals surface area contributed by atoms with E-state index in [2.05, 4.69) is 31.9 Å². The van der Waals surface area contributed by atoms with E-state index in [0.29, 0.717) is 5.75 Å². The van der Waals surface area contributed by atoms with E-state index >= 15 is 0 Å². The molecule has 0 aliphatic rings. The van der Waals surface area contributed by atoms with Crippen LogP contribution in [0.4, 0.5) is 0 Å². The largest absolute Gasteiger partial charge is 0.422 e. The summed E-state index contributed by atoms with van der Waals surface area (Å²) in [6.07, 6.45) is 3.24. The molecule has 0 aromatic heterocycles. The Bertz CT molecular complexity index is 917. The highest BCUT2D eigenvalue weighted by Gasteiger charge is 2.10. The van der Waals surface area contributed by atoms with Gasteiger partial charge in [-0.05, 0) is 63.0 Å². The van der Waals surface area contributed by atoms with Gasteiger partial charge in [0.2, 0.25) is 0 Å². The minimum absolute atomic E-state index is 0.408. The number of benzene rings is 3. The summed E-state index contributed by atoms with van der Waals surface area (Å²) in [5.74, 6) is 0.125. The molecule has 0 aliphatic heterocycles. The van der Waals surface area contributed by atoms with E-state index in [1.54, 1.807) is 6.08 Å². The summed E-state index contributed by atoms with van der Waals surface area (Å²) in [4.78, 5) is 12.2.